The maximum absolute atomic E-state index is 14.0. The van der Waals surface area contributed by atoms with Gasteiger partial charge in [0, 0.05) is 37.7 Å². The van der Waals surface area contributed by atoms with E-state index < -0.39 is 0 Å². The van der Waals surface area contributed by atoms with Crippen molar-refractivity contribution in [2.45, 2.75) is 6.54 Å². The molecule has 2 aromatic carbocycles. The van der Waals surface area contributed by atoms with Crippen molar-refractivity contribution in [1.82, 2.24) is 15.2 Å². The highest BCUT2D eigenvalue weighted by Gasteiger charge is 2.21. The van der Waals surface area contributed by atoms with Crippen molar-refractivity contribution in [1.29, 1.82) is 0 Å². The van der Waals surface area contributed by atoms with Crippen LogP contribution in [0.1, 0.15) is 5.56 Å². The number of nitrogens with one attached hydrogen (secondary N) is 1. The van der Waals surface area contributed by atoms with Crippen LogP contribution in [0.5, 0.6) is 0 Å². The summed E-state index contributed by atoms with van der Waals surface area (Å²) in [6.45, 7) is 3.34. The van der Waals surface area contributed by atoms with Crippen LogP contribution in [0.15, 0.2) is 54.7 Å². The quantitative estimate of drug-likeness (QED) is 0.708. The summed E-state index contributed by atoms with van der Waals surface area (Å²) in [5, 5.41) is 12.2. The summed E-state index contributed by atoms with van der Waals surface area (Å²) in [5.41, 5.74) is 1.62. The molecule has 0 aliphatic carbocycles. The van der Waals surface area contributed by atoms with Crippen LogP contribution in [-0.4, -0.2) is 41.4 Å². The van der Waals surface area contributed by atoms with Gasteiger partial charge < -0.3 is 15.1 Å². The molecule has 1 N–H and O–H groups in total. The summed E-state index contributed by atoms with van der Waals surface area (Å²) in [6, 6.07) is 14.5. The average Bonchev–Trinajstić information content (AvgIpc) is 2.74. The fraction of sp³-hybridized carbons (Fsp3) is 0.250. The Morgan fingerprint density at radius 1 is 0.964 bits per heavy atom. The van der Waals surface area contributed by atoms with E-state index in [0.717, 1.165) is 5.56 Å². The van der Waals surface area contributed by atoms with E-state index in [4.69, 9.17) is 11.6 Å². The van der Waals surface area contributed by atoms with Gasteiger partial charge in [0.15, 0.2) is 5.82 Å². The van der Waals surface area contributed by atoms with Crippen molar-refractivity contribution >= 4 is 29.1 Å². The molecule has 1 aromatic heterocycles. The lowest BCUT2D eigenvalue weighted by atomic mass is 10.2. The summed E-state index contributed by atoms with van der Waals surface area (Å²) in [7, 11) is 0. The first kappa shape index (κ1) is 18.4. The van der Waals surface area contributed by atoms with E-state index in [9.17, 15) is 4.39 Å². The maximum atomic E-state index is 14.0. The molecule has 8 heteroatoms. The van der Waals surface area contributed by atoms with Crippen LogP contribution in [0, 0.1) is 5.82 Å². The fourth-order valence-electron chi connectivity index (χ4n) is 3.20. The van der Waals surface area contributed by atoms with Crippen LogP contribution in [0.25, 0.3) is 0 Å². The minimum Gasteiger partial charge on any atom is -0.366 e. The zero-order valence-electron chi connectivity index (χ0n) is 15.2. The second-order valence-electron chi connectivity index (χ2n) is 6.51. The third-order valence-electron chi connectivity index (χ3n) is 4.72. The van der Waals surface area contributed by atoms with Crippen molar-refractivity contribution in [2.75, 3.05) is 41.3 Å². The lowest BCUT2D eigenvalue weighted by Gasteiger charge is -2.36. The van der Waals surface area contributed by atoms with Gasteiger partial charge in [0.2, 0.25) is 5.95 Å². The van der Waals surface area contributed by atoms with Crippen LogP contribution in [0.3, 0.4) is 0 Å². The molecule has 6 nitrogen and oxygen atoms in total. The van der Waals surface area contributed by atoms with Crippen LogP contribution in [0.4, 0.5) is 21.8 Å². The maximum Gasteiger partial charge on any atom is 0.247 e. The Balaban J connectivity index is 1.39. The lowest BCUT2D eigenvalue weighted by molar-refractivity contribution is 0.592. The smallest absolute Gasteiger partial charge is 0.247 e. The van der Waals surface area contributed by atoms with Gasteiger partial charge in [-0.1, -0.05) is 41.9 Å². The van der Waals surface area contributed by atoms with Gasteiger partial charge in [0.1, 0.15) is 5.82 Å². The number of hydrogen-bond acceptors (Lipinski definition) is 6. The number of halogens is 2. The Bertz CT molecular complexity index is 945. The first-order chi connectivity index (χ1) is 13.7. The number of rotatable bonds is 5. The predicted molar refractivity (Wildman–Crippen MR) is 109 cm³/mol. The van der Waals surface area contributed by atoms with Crippen LogP contribution < -0.4 is 15.1 Å². The number of benzene rings is 2. The van der Waals surface area contributed by atoms with Gasteiger partial charge in [-0.05, 0) is 23.8 Å². The number of piperazine rings is 1. The van der Waals surface area contributed by atoms with Crippen molar-refractivity contribution < 1.29 is 4.39 Å². The molecule has 0 spiro atoms. The molecule has 1 aliphatic heterocycles. The summed E-state index contributed by atoms with van der Waals surface area (Å²) < 4.78 is 14.0. The Labute approximate surface area is 168 Å². The summed E-state index contributed by atoms with van der Waals surface area (Å²) >= 11 is 6.19. The van der Waals surface area contributed by atoms with E-state index in [1.807, 2.05) is 41.3 Å². The Hall–Kier alpha value is -2.93. The Morgan fingerprint density at radius 3 is 2.46 bits per heavy atom. The summed E-state index contributed by atoms with van der Waals surface area (Å²) in [5.74, 6) is 1.01. The van der Waals surface area contributed by atoms with Crippen molar-refractivity contribution in [3.05, 3.63) is 71.1 Å². The van der Waals surface area contributed by atoms with Crippen LogP contribution in [0.2, 0.25) is 5.02 Å². The van der Waals surface area contributed by atoms with Gasteiger partial charge in [0.25, 0.3) is 0 Å². The molecule has 2 heterocycles. The molecular formula is C20H20ClFN6. The van der Waals surface area contributed by atoms with Crippen LogP contribution in [-0.2, 0) is 6.54 Å². The lowest BCUT2D eigenvalue weighted by Crippen LogP contribution is -2.47. The van der Waals surface area contributed by atoms with Crippen molar-refractivity contribution in [3.63, 3.8) is 0 Å². The standard InChI is InChI=1S/C20H20ClFN6/c21-16-6-2-1-5-15(16)13-23-19-14-24-26-20(25-19)28-11-9-27(10-12-28)18-8-4-3-7-17(18)22/h1-8,14H,9-13H2,(H,23,25,26). The Morgan fingerprint density at radius 2 is 1.68 bits per heavy atom. The van der Waals surface area contributed by atoms with E-state index in [1.165, 1.54) is 6.07 Å². The van der Waals surface area contributed by atoms with Gasteiger partial charge in [-0.3, -0.25) is 0 Å². The first-order valence-corrected chi connectivity index (χ1v) is 9.50. The van der Waals surface area contributed by atoms with E-state index in [2.05, 4.69) is 25.4 Å². The molecule has 0 atom stereocenters. The highest BCUT2D eigenvalue weighted by atomic mass is 35.5. The van der Waals surface area contributed by atoms with E-state index in [0.29, 0.717) is 55.2 Å². The third-order valence-corrected chi connectivity index (χ3v) is 5.09. The fourth-order valence-corrected chi connectivity index (χ4v) is 3.40. The highest BCUT2D eigenvalue weighted by Crippen LogP contribution is 2.22. The molecular weight excluding hydrogens is 379 g/mol. The summed E-state index contributed by atoms with van der Waals surface area (Å²) in [4.78, 5) is 8.66. The number of para-hydroxylation sites is 1. The SMILES string of the molecule is Fc1ccccc1N1CCN(c2nncc(NCc3ccccc3Cl)n2)CC1. The highest BCUT2D eigenvalue weighted by molar-refractivity contribution is 6.31. The predicted octanol–water partition coefficient (Wildman–Crippen LogP) is 3.60. The van der Waals surface area contributed by atoms with Gasteiger partial charge in [-0.15, -0.1) is 5.10 Å². The number of hydrogen-bond donors (Lipinski definition) is 1. The van der Waals surface area contributed by atoms with Gasteiger partial charge in [0.05, 0.1) is 11.9 Å². The zero-order valence-corrected chi connectivity index (χ0v) is 16.0. The van der Waals surface area contributed by atoms with Gasteiger partial charge in [-0.2, -0.15) is 10.1 Å². The molecule has 28 heavy (non-hydrogen) atoms. The molecule has 0 unspecified atom stereocenters. The van der Waals surface area contributed by atoms with Gasteiger partial charge >= 0.3 is 0 Å². The minimum absolute atomic E-state index is 0.195. The van der Waals surface area contributed by atoms with Gasteiger partial charge in [-0.25, -0.2) is 4.39 Å². The molecule has 3 aromatic rings. The largest absolute Gasteiger partial charge is 0.366 e. The van der Waals surface area contributed by atoms with Crippen molar-refractivity contribution in [2.24, 2.45) is 0 Å². The van der Waals surface area contributed by atoms with Crippen molar-refractivity contribution in [3.8, 4) is 0 Å². The molecule has 1 aliphatic rings. The van der Waals surface area contributed by atoms with Crippen LogP contribution >= 0.6 is 11.6 Å². The van der Waals surface area contributed by atoms with E-state index in [1.54, 1.807) is 12.3 Å². The normalized spacial score (nSPS) is 14.2. The molecule has 4 rings (SSSR count). The number of anilines is 3. The molecule has 144 valence electrons. The summed E-state index contributed by atoms with van der Waals surface area (Å²) in [6.07, 6.45) is 1.59. The Kier molecular flexibility index (Phi) is 5.53. The second kappa shape index (κ2) is 8.39. The second-order valence-corrected chi connectivity index (χ2v) is 6.92. The molecule has 1 fully saturated rings. The molecule has 1 saturated heterocycles. The van der Waals surface area contributed by atoms with E-state index >= 15 is 0 Å². The van der Waals surface area contributed by atoms with E-state index in [-0.39, 0.29) is 5.82 Å². The monoisotopic (exact) mass is 398 g/mol. The number of nitrogens with zero attached hydrogens (tertiary/aromatic N) is 5. The first-order valence-electron chi connectivity index (χ1n) is 9.12. The molecule has 0 bridgehead atoms. The molecule has 0 amide bonds. The minimum atomic E-state index is -0.195. The topological polar surface area (TPSA) is 57.2 Å². The molecule has 0 saturated carbocycles. The molecule has 0 radical (unpaired) electrons. The third kappa shape index (κ3) is 4.14. The average molecular weight is 399 g/mol. The zero-order chi connectivity index (χ0) is 19.3. The number of aromatic nitrogens is 3.